The van der Waals surface area contributed by atoms with E-state index in [4.69, 9.17) is 10.6 Å². The van der Waals surface area contributed by atoms with E-state index in [9.17, 15) is 0 Å². The molecule has 6 heteroatoms. The highest BCUT2D eigenvalue weighted by molar-refractivity contribution is 5.79. The highest BCUT2D eigenvalue weighted by Gasteiger charge is 2.29. The van der Waals surface area contributed by atoms with E-state index in [0.29, 0.717) is 19.2 Å². The van der Waals surface area contributed by atoms with E-state index in [0.717, 1.165) is 19.0 Å². The molecule has 110 valence electrons. The number of rotatable bonds is 4. The van der Waals surface area contributed by atoms with Crippen molar-refractivity contribution in [1.29, 1.82) is 0 Å². The number of methoxy groups -OCH3 is 1. The largest absolute Gasteiger partial charge is 0.383 e. The van der Waals surface area contributed by atoms with Crippen molar-refractivity contribution in [3.63, 3.8) is 0 Å². The molecule has 1 unspecified atom stereocenters. The van der Waals surface area contributed by atoms with E-state index in [-0.39, 0.29) is 0 Å². The average Bonchev–Trinajstić information content (AvgIpc) is 2.94. The van der Waals surface area contributed by atoms with Gasteiger partial charge in [0.25, 0.3) is 0 Å². The van der Waals surface area contributed by atoms with Crippen molar-refractivity contribution in [3.8, 4) is 0 Å². The second kappa shape index (κ2) is 7.67. The van der Waals surface area contributed by atoms with Gasteiger partial charge in [-0.15, -0.1) is 0 Å². The van der Waals surface area contributed by atoms with Gasteiger partial charge in [-0.1, -0.05) is 6.42 Å². The van der Waals surface area contributed by atoms with Crippen LogP contribution in [0.2, 0.25) is 0 Å². The van der Waals surface area contributed by atoms with Crippen molar-refractivity contribution in [1.82, 2.24) is 15.2 Å². The molecule has 0 aromatic rings. The summed E-state index contributed by atoms with van der Waals surface area (Å²) in [6, 6.07) is 0.668. The fourth-order valence-corrected chi connectivity index (χ4v) is 3.00. The number of likely N-dealkylation sites (tertiary alicyclic amines) is 2. The molecule has 0 aromatic heterocycles. The van der Waals surface area contributed by atoms with Crippen LogP contribution in [0.5, 0.6) is 0 Å². The van der Waals surface area contributed by atoms with E-state index in [1.807, 2.05) is 0 Å². The molecule has 6 nitrogen and oxygen atoms in total. The lowest BCUT2D eigenvalue weighted by atomic mass is 10.1. The first-order chi connectivity index (χ1) is 9.35. The van der Waals surface area contributed by atoms with Crippen LogP contribution in [-0.2, 0) is 4.74 Å². The zero-order valence-corrected chi connectivity index (χ0v) is 12.0. The molecule has 2 heterocycles. The Morgan fingerprint density at radius 2 is 2.11 bits per heavy atom. The smallest absolute Gasteiger partial charge is 0.208 e. The summed E-state index contributed by atoms with van der Waals surface area (Å²) in [5.74, 6) is 6.38. The first-order valence-electron chi connectivity index (χ1n) is 7.34. The minimum atomic E-state index is 0.634. The summed E-state index contributed by atoms with van der Waals surface area (Å²) in [6.45, 7) is 5.87. The van der Waals surface area contributed by atoms with Crippen molar-refractivity contribution in [2.75, 3.05) is 46.4 Å². The summed E-state index contributed by atoms with van der Waals surface area (Å²) in [5.41, 5.74) is 2.73. The molecule has 0 radical (unpaired) electrons. The molecule has 0 aliphatic carbocycles. The summed E-state index contributed by atoms with van der Waals surface area (Å²) in [5, 5.41) is 0. The molecule has 2 aliphatic rings. The van der Waals surface area contributed by atoms with Gasteiger partial charge in [0.15, 0.2) is 0 Å². The fourth-order valence-electron chi connectivity index (χ4n) is 3.00. The number of piperidine rings is 1. The number of nitrogens with two attached hydrogens (primary N) is 1. The molecule has 0 spiro atoms. The van der Waals surface area contributed by atoms with Crippen molar-refractivity contribution < 1.29 is 4.74 Å². The second-order valence-corrected chi connectivity index (χ2v) is 5.33. The lowest BCUT2D eigenvalue weighted by Crippen LogP contribution is -2.46. The standard InChI is InChI=1S/C13H27N5O/c1-19-10-6-15-13(16-14)18-9-5-12(11-18)17-7-3-2-4-8-17/h12H,2-11,14H2,1H3,(H,15,16). The zero-order chi connectivity index (χ0) is 13.5. The van der Waals surface area contributed by atoms with Crippen LogP contribution in [0.1, 0.15) is 25.7 Å². The second-order valence-electron chi connectivity index (χ2n) is 5.33. The molecule has 2 aliphatic heterocycles. The molecule has 19 heavy (non-hydrogen) atoms. The Bertz CT molecular complexity index is 291. The Labute approximate surface area is 115 Å². The van der Waals surface area contributed by atoms with Crippen molar-refractivity contribution in [2.24, 2.45) is 10.8 Å². The minimum Gasteiger partial charge on any atom is -0.383 e. The van der Waals surface area contributed by atoms with Crippen LogP contribution in [0, 0.1) is 0 Å². The lowest BCUT2D eigenvalue weighted by Gasteiger charge is -2.32. The number of nitrogens with zero attached hydrogens (tertiary/aromatic N) is 3. The SMILES string of the molecule is COCCN=C(NN)N1CCC(N2CCCCC2)C1. The third-order valence-corrected chi connectivity index (χ3v) is 4.06. The maximum absolute atomic E-state index is 5.58. The monoisotopic (exact) mass is 269 g/mol. The Morgan fingerprint density at radius 1 is 1.32 bits per heavy atom. The third-order valence-electron chi connectivity index (χ3n) is 4.06. The first-order valence-corrected chi connectivity index (χ1v) is 7.34. The average molecular weight is 269 g/mol. The summed E-state index contributed by atoms with van der Waals surface area (Å²) in [7, 11) is 1.69. The normalized spacial score (nSPS) is 25.9. The quantitative estimate of drug-likeness (QED) is 0.247. The van der Waals surface area contributed by atoms with Crippen molar-refractivity contribution in [3.05, 3.63) is 0 Å². The van der Waals surface area contributed by atoms with Crippen LogP contribution < -0.4 is 11.3 Å². The zero-order valence-electron chi connectivity index (χ0n) is 12.0. The molecule has 3 N–H and O–H groups in total. The van der Waals surface area contributed by atoms with Gasteiger partial charge in [-0.25, -0.2) is 10.8 Å². The molecule has 0 aromatic carbocycles. The fraction of sp³-hybridized carbons (Fsp3) is 0.923. The molecular formula is C13H27N5O. The maximum Gasteiger partial charge on any atom is 0.208 e. The van der Waals surface area contributed by atoms with E-state index in [1.165, 1.54) is 38.8 Å². The number of ether oxygens (including phenoxy) is 1. The predicted octanol–water partition coefficient (Wildman–Crippen LogP) is 0.0123. The molecule has 2 rings (SSSR count). The number of nitrogens with one attached hydrogen (secondary N) is 1. The van der Waals surface area contributed by atoms with Crippen LogP contribution >= 0.6 is 0 Å². The number of hydrogen-bond acceptors (Lipinski definition) is 4. The molecule has 0 saturated carbocycles. The topological polar surface area (TPSA) is 66.1 Å². The van der Waals surface area contributed by atoms with E-state index in [1.54, 1.807) is 7.11 Å². The summed E-state index contributed by atoms with van der Waals surface area (Å²) in [6.07, 6.45) is 5.30. The molecule has 2 saturated heterocycles. The van der Waals surface area contributed by atoms with Crippen molar-refractivity contribution >= 4 is 5.96 Å². The lowest BCUT2D eigenvalue weighted by molar-refractivity contribution is 0.168. The van der Waals surface area contributed by atoms with Gasteiger partial charge in [-0.05, 0) is 32.4 Å². The number of guanidine groups is 1. The molecular weight excluding hydrogens is 242 g/mol. The molecule has 0 amide bonds. The molecule has 0 bridgehead atoms. The number of hydrogen-bond donors (Lipinski definition) is 2. The third kappa shape index (κ3) is 4.06. The van der Waals surface area contributed by atoms with Gasteiger partial charge in [0.2, 0.25) is 5.96 Å². The van der Waals surface area contributed by atoms with Crippen LogP contribution in [0.25, 0.3) is 0 Å². The van der Waals surface area contributed by atoms with Crippen molar-refractivity contribution in [2.45, 2.75) is 31.7 Å². The van der Waals surface area contributed by atoms with E-state index >= 15 is 0 Å². The Kier molecular flexibility index (Phi) is 5.88. The highest BCUT2D eigenvalue weighted by atomic mass is 16.5. The van der Waals surface area contributed by atoms with Crippen LogP contribution in [0.3, 0.4) is 0 Å². The summed E-state index contributed by atoms with van der Waals surface area (Å²) >= 11 is 0. The van der Waals surface area contributed by atoms with Crippen LogP contribution in [-0.4, -0.2) is 68.2 Å². The number of hydrazine groups is 1. The number of aliphatic imine (C=N–C) groups is 1. The van der Waals surface area contributed by atoms with Gasteiger partial charge in [-0.3, -0.25) is 10.3 Å². The predicted molar refractivity (Wildman–Crippen MR) is 76.9 cm³/mol. The Balaban J connectivity index is 1.83. The summed E-state index contributed by atoms with van der Waals surface area (Å²) in [4.78, 5) is 9.35. The van der Waals surface area contributed by atoms with E-state index in [2.05, 4.69) is 20.2 Å². The Morgan fingerprint density at radius 3 is 2.79 bits per heavy atom. The van der Waals surface area contributed by atoms with E-state index < -0.39 is 0 Å². The summed E-state index contributed by atoms with van der Waals surface area (Å²) < 4.78 is 5.01. The molecule has 1 atom stereocenters. The van der Waals surface area contributed by atoms with Gasteiger partial charge in [0.05, 0.1) is 13.2 Å². The van der Waals surface area contributed by atoms with Gasteiger partial charge >= 0.3 is 0 Å². The van der Waals surface area contributed by atoms with Gasteiger partial charge in [-0.2, -0.15) is 0 Å². The maximum atomic E-state index is 5.58. The Hall–Kier alpha value is -0.850. The molecule has 2 fully saturated rings. The minimum absolute atomic E-state index is 0.634. The van der Waals surface area contributed by atoms with Crippen LogP contribution in [0.4, 0.5) is 0 Å². The van der Waals surface area contributed by atoms with Crippen LogP contribution in [0.15, 0.2) is 4.99 Å². The highest BCUT2D eigenvalue weighted by Crippen LogP contribution is 2.20. The van der Waals surface area contributed by atoms with Gasteiger partial charge < -0.3 is 9.64 Å². The van der Waals surface area contributed by atoms with Gasteiger partial charge in [0.1, 0.15) is 0 Å². The first kappa shape index (κ1) is 14.6. The van der Waals surface area contributed by atoms with Gasteiger partial charge in [0, 0.05) is 26.2 Å².